The van der Waals surface area contributed by atoms with Crippen LogP contribution in [0.3, 0.4) is 0 Å². The average molecular weight is 898 g/mol. The molecule has 3 aromatic heterocycles. The minimum absolute atomic E-state index is 0.0210. The Morgan fingerprint density at radius 2 is 1.70 bits per heavy atom. The first-order valence-corrected chi connectivity index (χ1v) is 22.0. The minimum Gasteiger partial charge on any atom is -0.496 e. The van der Waals surface area contributed by atoms with Crippen molar-refractivity contribution >= 4 is 39.8 Å². The summed E-state index contributed by atoms with van der Waals surface area (Å²) in [5.74, 6) is -0.0300. The average Bonchev–Trinajstić information content (AvgIpc) is 3.90. The number of hydrogen-bond donors (Lipinski definition) is 3. The fourth-order valence-corrected chi connectivity index (χ4v) is 8.59. The molecule has 1 unspecified atom stereocenters. The molecule has 1 fully saturated rings. The topological polar surface area (TPSA) is 187 Å². The maximum atomic E-state index is 14.0. The number of nitrogens with one attached hydrogen (secondary N) is 2. The van der Waals surface area contributed by atoms with Gasteiger partial charge < -0.3 is 44.2 Å². The number of ether oxygens (including phenoxy) is 4. The number of likely N-dealkylation sites (tertiary alicyclic amines) is 1. The van der Waals surface area contributed by atoms with Crippen molar-refractivity contribution in [1.82, 2.24) is 35.0 Å². The zero-order chi connectivity index (χ0) is 46.1. The molecule has 3 N–H and O–H groups in total. The standard InChI is InChI=1S/C47H59N7O9S/c1-29-42(64-28-50-29)31-11-9-30(10-12-31)22-49-44(57)38-21-33(55)24-54(38)46(59)43(47(2,3)4)51-41(56)27-63-18-17-62-16-15-52(5)25-37-39(60-7)19-32(20-40(37)61-8)36-26-53(6)45(58)35-23-48-14-13-34(35)36/h9-14,19-20,23,26,28,33,38,43,55H,15-18,21-22,24-25,27H2,1-8H3,(H,49,57)(H,51,56)/t33-,38+,43?/m1/s1. The van der Waals surface area contributed by atoms with Crippen molar-refractivity contribution in [2.45, 2.75) is 65.4 Å². The molecule has 6 rings (SSSR count). The zero-order valence-electron chi connectivity index (χ0n) is 37.8. The van der Waals surface area contributed by atoms with Crippen LogP contribution in [0.1, 0.15) is 44.0 Å². The molecule has 1 aliphatic rings. The van der Waals surface area contributed by atoms with Gasteiger partial charge in [0.25, 0.3) is 5.56 Å². The fraction of sp³-hybridized carbons (Fsp3) is 0.447. The number of rotatable bonds is 19. The number of aliphatic hydroxyl groups is 1. The molecule has 4 heterocycles. The number of benzene rings is 2. The van der Waals surface area contributed by atoms with Gasteiger partial charge in [0.05, 0.1) is 67.2 Å². The summed E-state index contributed by atoms with van der Waals surface area (Å²) >= 11 is 1.57. The largest absolute Gasteiger partial charge is 0.496 e. The summed E-state index contributed by atoms with van der Waals surface area (Å²) in [7, 11) is 6.89. The van der Waals surface area contributed by atoms with Crippen LogP contribution in [-0.2, 0) is 44.0 Å². The van der Waals surface area contributed by atoms with Gasteiger partial charge in [0.2, 0.25) is 17.7 Å². The first kappa shape index (κ1) is 47.8. The highest BCUT2D eigenvalue weighted by atomic mass is 32.1. The van der Waals surface area contributed by atoms with Crippen LogP contribution in [0.4, 0.5) is 0 Å². The van der Waals surface area contributed by atoms with Crippen molar-refractivity contribution in [3.8, 4) is 33.1 Å². The van der Waals surface area contributed by atoms with Gasteiger partial charge in [-0.25, -0.2) is 4.98 Å². The van der Waals surface area contributed by atoms with Gasteiger partial charge in [-0.05, 0) is 59.7 Å². The Balaban J connectivity index is 0.948. The smallest absolute Gasteiger partial charge is 0.259 e. The summed E-state index contributed by atoms with van der Waals surface area (Å²) in [6.07, 6.45) is 4.26. The van der Waals surface area contributed by atoms with Crippen molar-refractivity contribution in [2.24, 2.45) is 12.5 Å². The van der Waals surface area contributed by atoms with E-state index in [4.69, 9.17) is 18.9 Å². The van der Waals surface area contributed by atoms with Gasteiger partial charge in [0.1, 0.15) is 30.2 Å². The third-order valence-corrected chi connectivity index (χ3v) is 12.2. The number of likely N-dealkylation sites (N-methyl/N-ethyl adjacent to an activating group) is 1. The lowest BCUT2D eigenvalue weighted by atomic mass is 9.85. The number of β-amino-alcohol motifs (C(OH)–C–C–N with tert-alkyl or cyclic N) is 1. The van der Waals surface area contributed by atoms with Crippen LogP contribution < -0.4 is 25.7 Å². The number of nitrogens with zero attached hydrogens (tertiary/aromatic N) is 5. The number of aromatic nitrogens is 3. The molecule has 0 saturated carbocycles. The molecule has 3 amide bonds. The van der Waals surface area contributed by atoms with Gasteiger partial charge in [-0.1, -0.05) is 45.0 Å². The van der Waals surface area contributed by atoms with Crippen LogP contribution in [0.5, 0.6) is 11.5 Å². The predicted molar refractivity (Wildman–Crippen MR) is 245 cm³/mol. The molecular formula is C47H59N7O9S. The van der Waals surface area contributed by atoms with E-state index < -0.39 is 35.4 Å². The lowest BCUT2D eigenvalue weighted by Gasteiger charge is -2.35. The van der Waals surface area contributed by atoms with Gasteiger partial charge >= 0.3 is 0 Å². The second kappa shape index (κ2) is 21.3. The van der Waals surface area contributed by atoms with E-state index in [0.717, 1.165) is 43.8 Å². The minimum atomic E-state index is -0.974. The Morgan fingerprint density at radius 3 is 2.36 bits per heavy atom. The number of amides is 3. The van der Waals surface area contributed by atoms with Crippen molar-refractivity contribution in [2.75, 3.05) is 60.8 Å². The van der Waals surface area contributed by atoms with Crippen molar-refractivity contribution in [3.05, 3.63) is 93.7 Å². The molecule has 0 aliphatic carbocycles. The van der Waals surface area contributed by atoms with E-state index in [-0.39, 0.29) is 50.8 Å². The van der Waals surface area contributed by atoms with E-state index in [2.05, 4.69) is 25.5 Å². The lowest BCUT2D eigenvalue weighted by Crippen LogP contribution is -2.58. The molecule has 342 valence electrons. The fourth-order valence-electron chi connectivity index (χ4n) is 7.77. The van der Waals surface area contributed by atoms with E-state index in [1.165, 1.54) is 4.90 Å². The van der Waals surface area contributed by atoms with Gasteiger partial charge in [-0.15, -0.1) is 11.3 Å². The molecule has 0 radical (unpaired) electrons. The lowest BCUT2D eigenvalue weighted by molar-refractivity contribution is -0.144. The summed E-state index contributed by atoms with van der Waals surface area (Å²) in [5, 5.41) is 17.6. The highest BCUT2D eigenvalue weighted by molar-refractivity contribution is 7.13. The molecule has 5 aromatic rings. The Morgan fingerprint density at radius 1 is 1.00 bits per heavy atom. The maximum Gasteiger partial charge on any atom is 0.259 e. The molecular weight excluding hydrogens is 839 g/mol. The Hall–Kier alpha value is -5.72. The molecule has 64 heavy (non-hydrogen) atoms. The quantitative estimate of drug-likeness (QED) is 0.0999. The third-order valence-electron chi connectivity index (χ3n) is 11.3. The Labute approximate surface area is 377 Å². The number of thiazole rings is 1. The zero-order valence-corrected chi connectivity index (χ0v) is 38.6. The van der Waals surface area contributed by atoms with Gasteiger partial charge in [-0.2, -0.15) is 0 Å². The summed E-state index contributed by atoms with van der Waals surface area (Å²) < 4.78 is 24.6. The maximum absolute atomic E-state index is 14.0. The summed E-state index contributed by atoms with van der Waals surface area (Å²) in [4.78, 5) is 66.3. The normalized spacial score (nSPS) is 15.7. The van der Waals surface area contributed by atoms with Crippen LogP contribution >= 0.6 is 11.3 Å². The van der Waals surface area contributed by atoms with E-state index in [1.807, 2.05) is 82.7 Å². The molecule has 3 atom stereocenters. The van der Waals surface area contributed by atoms with E-state index >= 15 is 0 Å². The van der Waals surface area contributed by atoms with Crippen molar-refractivity contribution < 1.29 is 38.4 Å². The number of hydrogen-bond acceptors (Lipinski definition) is 13. The summed E-state index contributed by atoms with van der Waals surface area (Å²) in [6, 6.07) is 11.7. The Bertz CT molecular complexity index is 2460. The molecule has 1 aliphatic heterocycles. The first-order chi connectivity index (χ1) is 30.6. The van der Waals surface area contributed by atoms with Crippen LogP contribution in [0.15, 0.2) is 71.4 Å². The second-order valence-corrected chi connectivity index (χ2v) is 17.9. The number of pyridine rings is 2. The van der Waals surface area contributed by atoms with Gasteiger partial charge in [-0.3, -0.25) is 29.1 Å². The second-order valence-electron chi connectivity index (χ2n) is 17.1. The molecule has 1 saturated heterocycles. The predicted octanol–water partition coefficient (Wildman–Crippen LogP) is 4.32. The van der Waals surface area contributed by atoms with Gasteiger partial charge in [0.15, 0.2) is 0 Å². The van der Waals surface area contributed by atoms with Crippen molar-refractivity contribution in [1.29, 1.82) is 0 Å². The van der Waals surface area contributed by atoms with Gasteiger partial charge in [0, 0.05) is 63.8 Å². The molecule has 17 heteroatoms. The van der Waals surface area contributed by atoms with E-state index in [9.17, 15) is 24.3 Å². The number of carbonyl (C=O) groups excluding carboxylic acids is 3. The molecule has 0 bridgehead atoms. The van der Waals surface area contributed by atoms with E-state index in [0.29, 0.717) is 36.6 Å². The summed E-state index contributed by atoms with van der Waals surface area (Å²) in [5.41, 5.74) is 6.41. The number of fused-ring (bicyclic) bond motifs is 1. The van der Waals surface area contributed by atoms with E-state index in [1.54, 1.807) is 55.8 Å². The van der Waals surface area contributed by atoms with Crippen LogP contribution in [0.2, 0.25) is 0 Å². The van der Waals surface area contributed by atoms with Crippen LogP contribution in [0.25, 0.3) is 32.3 Å². The molecule has 0 spiro atoms. The third kappa shape index (κ3) is 11.5. The number of aliphatic hydroxyl groups excluding tert-OH is 1. The van der Waals surface area contributed by atoms with Crippen LogP contribution in [0, 0.1) is 12.3 Å². The molecule has 2 aromatic carbocycles. The number of carbonyl (C=O) groups is 3. The monoisotopic (exact) mass is 897 g/mol. The van der Waals surface area contributed by atoms with Crippen molar-refractivity contribution in [3.63, 3.8) is 0 Å². The SMILES string of the molecule is COc1cc(-c2cn(C)c(=O)c3cnccc23)cc(OC)c1CN(C)CCOCCOCC(=O)NC(C(=O)N1C[C@H](O)C[C@H]1C(=O)NCc1ccc(-c2scnc2C)cc1)C(C)(C)C. The number of methoxy groups -OCH3 is 2. The summed E-state index contributed by atoms with van der Waals surface area (Å²) in [6.45, 7) is 9.26. The molecule has 16 nitrogen and oxygen atoms in total. The Kier molecular flexibility index (Phi) is 15.9. The van der Waals surface area contributed by atoms with Crippen LogP contribution in [-0.4, -0.2) is 126 Å². The highest BCUT2D eigenvalue weighted by Gasteiger charge is 2.44. The first-order valence-electron chi connectivity index (χ1n) is 21.2. The number of aryl methyl sites for hydroxylation is 2. The highest BCUT2D eigenvalue weighted by Crippen LogP contribution is 2.38.